The number of hydrogen-bond acceptors (Lipinski definition) is 20. The number of esters is 1. The number of primary amides is 1. The number of Topliss-reactive ketones (excluding diaryl/α,β-unsaturated/α-hetero) is 4. The molecule has 22 heteroatoms. The number of aliphatic hydroxyl groups is 5. The molecule has 0 aromatic heterocycles. The summed E-state index contributed by atoms with van der Waals surface area (Å²) in [6, 6.07) is 4.43. The summed E-state index contributed by atoms with van der Waals surface area (Å²) in [4.78, 5) is 116. The van der Waals surface area contributed by atoms with Crippen LogP contribution in [0.2, 0.25) is 0 Å². The lowest BCUT2D eigenvalue weighted by atomic mass is 9.57. The summed E-state index contributed by atoms with van der Waals surface area (Å²) in [5.74, 6) is -15.3. The molecule has 22 nitrogen and oxygen atoms in total. The molecule has 2 aromatic rings. The topological polar surface area (TPSA) is 316 Å². The standard InChI is InChI=1S/C58H72N6O16/c1-12-14-20-78-37-18-17-36(32-22-29-24-34-46(63(9)10)49(69)43(55(59)75)54(74)58(34,80-27(4)66)53(73)40(29)48(68)41(32)37)64(11)25-30(15-13-2)79-38-19-16-35(61(5)6)31-21-28-23-33-45(62(7)8)50(70)44(56(76)60-26(3)65)52(72)57(33,77)51(71)39(28)47(67)42(31)38/h16-19,28-30,33-34,45-46,67-68,72,74,77H,12-15,20-25H2,1-11H3,(H2,59,75)(H,60,65,76)/t28-,29-,30?,33-,34-,45?,46?,57-,58-/m0/s1. The molecule has 8 N–H and O–H groups in total. The summed E-state index contributed by atoms with van der Waals surface area (Å²) >= 11 is 0. The summed E-state index contributed by atoms with van der Waals surface area (Å²) in [6.45, 7) is 6.42. The molecule has 0 aliphatic heterocycles. The number of ether oxygens (including phenoxy) is 3. The number of imide groups is 1. The van der Waals surface area contributed by atoms with Gasteiger partial charge in [-0.25, -0.2) is 0 Å². The summed E-state index contributed by atoms with van der Waals surface area (Å²) in [7, 11) is 11.6. The molecule has 3 amide bonds. The predicted molar refractivity (Wildman–Crippen MR) is 292 cm³/mol. The molecule has 2 saturated carbocycles. The van der Waals surface area contributed by atoms with E-state index in [0.29, 0.717) is 41.8 Å². The van der Waals surface area contributed by atoms with Crippen LogP contribution in [0.15, 0.2) is 58.1 Å². The minimum atomic E-state index is -2.86. The first-order chi connectivity index (χ1) is 37.6. The van der Waals surface area contributed by atoms with Crippen molar-refractivity contribution < 1.29 is 78.1 Å². The number of carbonyl (C=O) groups excluding carboxylic acids is 8. The van der Waals surface area contributed by atoms with Crippen LogP contribution in [-0.2, 0) is 55.9 Å². The van der Waals surface area contributed by atoms with E-state index in [1.165, 1.54) is 23.9 Å². The Balaban J connectivity index is 1.21. The van der Waals surface area contributed by atoms with Gasteiger partial charge in [0.25, 0.3) is 11.8 Å². The van der Waals surface area contributed by atoms with Crippen LogP contribution in [-0.4, -0.2) is 174 Å². The summed E-state index contributed by atoms with van der Waals surface area (Å²) in [5, 5.41) is 63.1. The number of carbonyl (C=O) groups is 8. The molecule has 0 heterocycles. The third-order valence-corrected chi connectivity index (χ3v) is 16.7. The molecule has 0 radical (unpaired) electrons. The first-order valence-corrected chi connectivity index (χ1v) is 26.9. The van der Waals surface area contributed by atoms with Gasteiger partial charge in [0, 0.05) is 69.3 Å². The van der Waals surface area contributed by atoms with E-state index in [0.717, 1.165) is 20.3 Å². The van der Waals surface area contributed by atoms with Crippen molar-refractivity contribution in [2.24, 2.45) is 29.4 Å². The van der Waals surface area contributed by atoms with E-state index in [9.17, 15) is 59.1 Å². The Kier molecular flexibility index (Phi) is 16.0. The monoisotopic (exact) mass is 1110 g/mol. The molecule has 0 spiro atoms. The number of likely N-dealkylation sites (N-methyl/N-ethyl adjacent to an activating group) is 3. The molecule has 2 fully saturated rings. The lowest BCUT2D eigenvalue weighted by Gasteiger charge is -2.51. The molecular formula is C58H72N6O16. The van der Waals surface area contributed by atoms with E-state index in [4.69, 9.17) is 19.9 Å². The fourth-order valence-corrected chi connectivity index (χ4v) is 13.4. The first kappa shape index (κ1) is 58.6. The maximum absolute atomic E-state index is 15.3. The van der Waals surface area contributed by atoms with Gasteiger partial charge in [0.1, 0.15) is 46.0 Å². The van der Waals surface area contributed by atoms with Crippen molar-refractivity contribution in [3.8, 4) is 11.5 Å². The largest absolute Gasteiger partial charge is 0.508 e. The number of anilines is 2. The number of nitrogens with two attached hydrogens (primary N) is 1. The van der Waals surface area contributed by atoms with Crippen LogP contribution < -0.4 is 30.3 Å². The van der Waals surface area contributed by atoms with Crippen LogP contribution in [0.25, 0.3) is 11.5 Å². The third kappa shape index (κ3) is 9.27. The van der Waals surface area contributed by atoms with Crippen LogP contribution in [0.1, 0.15) is 88.5 Å². The molecule has 0 bridgehead atoms. The summed E-state index contributed by atoms with van der Waals surface area (Å²) in [5.41, 5.74) is 0.764. The van der Waals surface area contributed by atoms with Crippen molar-refractivity contribution in [1.29, 1.82) is 0 Å². The number of rotatable bonds is 17. The number of nitrogens with one attached hydrogen (secondary N) is 1. The molecular weight excluding hydrogens is 1040 g/mol. The van der Waals surface area contributed by atoms with Gasteiger partial charge in [-0.1, -0.05) is 26.7 Å². The van der Waals surface area contributed by atoms with Gasteiger partial charge in [-0.2, -0.15) is 0 Å². The van der Waals surface area contributed by atoms with Gasteiger partial charge in [-0.3, -0.25) is 53.5 Å². The van der Waals surface area contributed by atoms with Crippen molar-refractivity contribution in [3.05, 3.63) is 80.3 Å². The predicted octanol–water partition coefficient (Wildman–Crippen LogP) is 3.51. The van der Waals surface area contributed by atoms with Crippen LogP contribution in [0, 0.1) is 23.7 Å². The third-order valence-electron chi connectivity index (χ3n) is 16.7. The van der Waals surface area contributed by atoms with E-state index >= 15 is 4.79 Å². The van der Waals surface area contributed by atoms with Crippen molar-refractivity contribution in [2.75, 3.05) is 72.3 Å². The number of ketones is 4. The molecule has 6 aliphatic rings. The number of fused-ring (bicyclic) bond motifs is 6. The number of aliphatic hydroxyl groups excluding tert-OH is 4. The zero-order valence-corrected chi connectivity index (χ0v) is 47.0. The van der Waals surface area contributed by atoms with Crippen LogP contribution in [0.3, 0.4) is 0 Å². The Labute approximate surface area is 463 Å². The van der Waals surface area contributed by atoms with Gasteiger partial charge in [-0.05, 0) is 114 Å². The van der Waals surface area contributed by atoms with Crippen LogP contribution in [0.5, 0.6) is 11.5 Å². The molecule has 80 heavy (non-hydrogen) atoms. The Morgan fingerprint density at radius 1 is 0.725 bits per heavy atom. The van der Waals surface area contributed by atoms with E-state index < -0.39 is 134 Å². The molecule has 6 aliphatic carbocycles. The highest BCUT2D eigenvalue weighted by atomic mass is 16.6. The highest BCUT2D eigenvalue weighted by molar-refractivity contribution is 6.27. The van der Waals surface area contributed by atoms with Gasteiger partial charge in [-0.15, -0.1) is 0 Å². The van der Waals surface area contributed by atoms with Gasteiger partial charge in [0.2, 0.25) is 23.1 Å². The van der Waals surface area contributed by atoms with E-state index in [1.54, 1.807) is 26.2 Å². The number of nitrogens with zero attached hydrogens (tertiary/aromatic N) is 4. The maximum atomic E-state index is 15.3. The summed E-state index contributed by atoms with van der Waals surface area (Å²) < 4.78 is 19.0. The zero-order chi connectivity index (χ0) is 58.9. The van der Waals surface area contributed by atoms with Crippen molar-refractivity contribution in [3.63, 3.8) is 0 Å². The number of amides is 3. The van der Waals surface area contributed by atoms with Crippen molar-refractivity contribution >= 4 is 69.7 Å². The molecule has 3 unspecified atom stereocenters. The molecule has 0 saturated heterocycles. The Morgan fingerprint density at radius 3 is 1.81 bits per heavy atom. The Bertz CT molecular complexity index is 3150. The van der Waals surface area contributed by atoms with E-state index in [-0.39, 0.29) is 72.6 Å². The molecule has 8 rings (SSSR count). The van der Waals surface area contributed by atoms with Gasteiger partial charge < -0.3 is 55.3 Å². The smallest absolute Gasteiger partial charge is 0.304 e. The average Bonchev–Trinajstić information content (AvgIpc) is 2.51. The second-order valence-corrected chi connectivity index (χ2v) is 22.5. The fraction of sp³-hybridized carbons (Fsp3) is 0.517. The minimum Gasteiger partial charge on any atom is -0.508 e. The second kappa shape index (κ2) is 21.8. The van der Waals surface area contributed by atoms with Gasteiger partial charge in [0.05, 0.1) is 36.4 Å². The highest BCUT2D eigenvalue weighted by Crippen LogP contribution is 2.57. The molecule has 9 atom stereocenters. The van der Waals surface area contributed by atoms with Crippen LogP contribution in [0.4, 0.5) is 11.4 Å². The zero-order valence-electron chi connectivity index (χ0n) is 47.0. The van der Waals surface area contributed by atoms with Crippen molar-refractivity contribution in [2.45, 2.75) is 108 Å². The normalized spacial score (nSPS) is 26.5. The molecule has 2 aromatic carbocycles. The quantitative estimate of drug-likeness (QED) is 0.0677. The van der Waals surface area contributed by atoms with Crippen LogP contribution >= 0.6 is 0 Å². The fourth-order valence-electron chi connectivity index (χ4n) is 13.4. The SMILES string of the molecule is CCCCOc1ccc(N(C)CC(CCC)Oc2ccc(N(C)C)c3c2C(O)=C2C(=O)[C@]4(O)C(O)=C(C(=O)NC(C)=O)C(=O)C(N(C)C)[C@@H]4C[C@@H]2C3)c2c1C(O)=C1C(=O)[C@]3(OC(C)=O)C(O)=C(C(N)=O)C(=O)C(N(C)C)[C@@H]3C[C@@H]1C2. The van der Waals surface area contributed by atoms with Gasteiger partial charge in [0.15, 0.2) is 22.9 Å². The Morgan fingerprint density at radius 2 is 1.26 bits per heavy atom. The van der Waals surface area contributed by atoms with Crippen molar-refractivity contribution in [1.82, 2.24) is 15.1 Å². The Hall–Kier alpha value is -7.56. The highest BCUT2D eigenvalue weighted by Gasteiger charge is 2.68. The molecule has 430 valence electrons. The van der Waals surface area contributed by atoms with E-state index in [2.05, 4.69) is 0 Å². The minimum absolute atomic E-state index is 0.0750. The maximum Gasteiger partial charge on any atom is 0.304 e. The summed E-state index contributed by atoms with van der Waals surface area (Å²) in [6.07, 6.45) is 1.94. The lowest BCUT2D eigenvalue weighted by molar-refractivity contribution is -0.179. The average molecular weight is 1110 g/mol. The lowest BCUT2D eigenvalue weighted by Crippen LogP contribution is -2.67. The number of hydrogen-bond donors (Lipinski definition) is 7. The second-order valence-electron chi connectivity index (χ2n) is 22.5. The number of unbranched alkanes of at least 4 members (excludes halogenated alkanes) is 1. The first-order valence-electron chi connectivity index (χ1n) is 26.9. The van der Waals surface area contributed by atoms with E-state index in [1.807, 2.05) is 62.2 Å². The number of benzene rings is 2. The van der Waals surface area contributed by atoms with Gasteiger partial charge >= 0.3 is 5.97 Å².